The summed E-state index contributed by atoms with van der Waals surface area (Å²) in [5, 5.41) is 30.3. The quantitative estimate of drug-likeness (QED) is 0.0175. The van der Waals surface area contributed by atoms with Crippen LogP contribution in [0.3, 0.4) is 0 Å². The van der Waals surface area contributed by atoms with Crippen molar-refractivity contribution in [2.45, 2.75) is 107 Å². The maximum absolute atomic E-state index is 13.7. The predicted octanol–water partition coefficient (Wildman–Crippen LogP) is -5.92. The number of aliphatic carboxylic acids is 2. The number of nitrogens with one attached hydrogen (secondary N) is 5. The van der Waals surface area contributed by atoms with Gasteiger partial charge < -0.3 is 76.9 Å². The second-order valence-corrected chi connectivity index (χ2v) is 13.8. The standard InChI is InChI=1S/C32H58N14O11S/c1-58-15-12-21(30(57)45-20(8-11-24(50)51)28(55)42-17(25(35)52)7-10-23(48)49)46-29(56)19(6-9-22(34)47)44-27(54)18(5-3-14-41-32(38)39)43-26(53)16(33)4-2-13-40-31(36)37/h16-21H,2-15,33H2,1H3,(H2,34,47)(H2,35,52)(H,42,55)(H,43,53)(H,44,54)(H,45,57)(H,46,56)(H,48,49)(H,50,51)(H4,36,37,40)(H4,38,39,41)/t16-,17-,18-,19-,20-,21+/m0/s1. The Labute approximate surface area is 338 Å². The number of carboxylic acid groups (broad SMARTS) is 2. The number of guanidine groups is 2. The van der Waals surface area contributed by atoms with Crippen LogP contribution in [0.25, 0.3) is 0 Å². The number of carbonyl (C=O) groups is 9. The van der Waals surface area contributed by atoms with Gasteiger partial charge in [-0.25, -0.2) is 0 Å². The van der Waals surface area contributed by atoms with E-state index in [0.717, 1.165) is 0 Å². The molecule has 0 saturated heterocycles. The highest BCUT2D eigenvalue weighted by molar-refractivity contribution is 7.98. The van der Waals surface area contributed by atoms with Crippen LogP contribution in [0.5, 0.6) is 0 Å². The van der Waals surface area contributed by atoms with E-state index in [1.807, 2.05) is 0 Å². The number of nitrogens with two attached hydrogens (primary N) is 7. The molecule has 26 heteroatoms. The molecule has 0 aromatic carbocycles. The first-order chi connectivity index (χ1) is 27.2. The van der Waals surface area contributed by atoms with Crippen molar-refractivity contribution < 1.29 is 53.4 Å². The normalized spacial score (nSPS) is 13.8. The Hall–Kier alpha value is -5.92. The van der Waals surface area contributed by atoms with Crippen molar-refractivity contribution in [2.75, 3.05) is 25.1 Å². The highest BCUT2D eigenvalue weighted by atomic mass is 32.2. The molecule has 0 radical (unpaired) electrons. The van der Waals surface area contributed by atoms with E-state index in [1.165, 1.54) is 11.8 Å². The Morgan fingerprint density at radius 2 is 0.879 bits per heavy atom. The van der Waals surface area contributed by atoms with Crippen molar-refractivity contribution in [1.29, 1.82) is 0 Å². The van der Waals surface area contributed by atoms with Crippen molar-refractivity contribution in [3.05, 3.63) is 0 Å². The summed E-state index contributed by atoms with van der Waals surface area (Å²) in [4.78, 5) is 121. The summed E-state index contributed by atoms with van der Waals surface area (Å²) in [5.41, 5.74) is 38.0. The van der Waals surface area contributed by atoms with Crippen LogP contribution in [0.2, 0.25) is 0 Å². The lowest BCUT2D eigenvalue weighted by molar-refractivity contribution is -0.139. The summed E-state index contributed by atoms with van der Waals surface area (Å²) in [6.45, 7) is 0.264. The number of rotatable bonds is 31. The minimum Gasteiger partial charge on any atom is -0.481 e. The number of carboxylic acids is 2. The first kappa shape index (κ1) is 52.1. The van der Waals surface area contributed by atoms with Crippen LogP contribution >= 0.6 is 11.8 Å². The number of amides is 7. The van der Waals surface area contributed by atoms with Crippen LogP contribution in [0.15, 0.2) is 9.98 Å². The third kappa shape index (κ3) is 23.9. The fourth-order valence-electron chi connectivity index (χ4n) is 4.94. The fourth-order valence-corrected chi connectivity index (χ4v) is 5.41. The van der Waals surface area contributed by atoms with Crippen LogP contribution in [0, 0.1) is 0 Å². The topological polar surface area (TPSA) is 461 Å². The summed E-state index contributed by atoms with van der Waals surface area (Å²) in [6.07, 6.45) is -0.510. The number of thioether (sulfide) groups is 1. The molecule has 0 aliphatic heterocycles. The van der Waals surface area contributed by atoms with Gasteiger partial charge in [0.15, 0.2) is 11.9 Å². The molecule has 0 aromatic rings. The molecule has 0 aliphatic carbocycles. The van der Waals surface area contributed by atoms with Crippen LogP contribution in [0.4, 0.5) is 0 Å². The molecule has 0 saturated carbocycles. The minimum atomic E-state index is -1.59. The molecule has 7 amide bonds. The van der Waals surface area contributed by atoms with E-state index >= 15 is 0 Å². The summed E-state index contributed by atoms with van der Waals surface area (Å²) in [7, 11) is 0. The molecule has 58 heavy (non-hydrogen) atoms. The third-order valence-electron chi connectivity index (χ3n) is 8.03. The molecular weight excluding hydrogens is 789 g/mol. The van der Waals surface area contributed by atoms with Gasteiger partial charge in [0, 0.05) is 32.4 Å². The summed E-state index contributed by atoms with van der Waals surface area (Å²) in [5.74, 6) is -9.18. The highest BCUT2D eigenvalue weighted by Crippen LogP contribution is 2.09. The van der Waals surface area contributed by atoms with E-state index in [9.17, 15) is 48.3 Å². The average molecular weight is 847 g/mol. The number of carbonyl (C=O) groups excluding carboxylic acids is 7. The SMILES string of the molecule is CSCC[C@@H](NC(=O)[C@H](CCC(N)=O)NC(=O)[C@H](CCCN=C(N)N)NC(=O)[C@@H](N)CCCN=C(N)N)C(=O)N[C@@H](CCC(=O)O)C(=O)N[C@@H](CCC(=O)O)C(N)=O. The number of nitrogens with zero attached hydrogens (tertiary/aromatic N) is 2. The molecule has 25 nitrogen and oxygen atoms in total. The van der Waals surface area contributed by atoms with Gasteiger partial charge in [0.25, 0.3) is 0 Å². The fraction of sp³-hybridized carbons (Fsp3) is 0.656. The molecule has 0 aromatic heterocycles. The van der Waals surface area contributed by atoms with Crippen molar-refractivity contribution in [3.63, 3.8) is 0 Å². The lowest BCUT2D eigenvalue weighted by Crippen LogP contribution is -2.59. The molecule has 0 aliphatic rings. The Balaban J connectivity index is 6.34. The van der Waals surface area contributed by atoms with Crippen LogP contribution < -0.4 is 66.7 Å². The molecule has 21 N–H and O–H groups in total. The van der Waals surface area contributed by atoms with Crippen molar-refractivity contribution in [2.24, 2.45) is 50.1 Å². The second kappa shape index (κ2) is 28.5. The smallest absolute Gasteiger partial charge is 0.303 e. The van der Waals surface area contributed by atoms with E-state index < -0.39 is 122 Å². The average Bonchev–Trinajstić information content (AvgIpc) is 3.13. The summed E-state index contributed by atoms with van der Waals surface area (Å²) < 4.78 is 0. The van der Waals surface area contributed by atoms with Crippen molar-refractivity contribution >= 4 is 77.0 Å². The van der Waals surface area contributed by atoms with E-state index in [1.54, 1.807) is 6.26 Å². The first-order valence-electron chi connectivity index (χ1n) is 18.1. The monoisotopic (exact) mass is 846 g/mol. The largest absolute Gasteiger partial charge is 0.481 e. The molecule has 0 bridgehead atoms. The maximum Gasteiger partial charge on any atom is 0.303 e. The maximum atomic E-state index is 13.7. The number of primary amides is 2. The zero-order chi connectivity index (χ0) is 44.4. The van der Waals surface area contributed by atoms with Gasteiger partial charge in [0.05, 0.1) is 6.04 Å². The lowest BCUT2D eigenvalue weighted by atomic mass is 10.0. The van der Waals surface area contributed by atoms with Crippen LogP contribution in [0.1, 0.15) is 70.6 Å². The summed E-state index contributed by atoms with van der Waals surface area (Å²) >= 11 is 1.29. The molecule has 0 unspecified atom stereocenters. The van der Waals surface area contributed by atoms with Crippen LogP contribution in [-0.2, 0) is 43.2 Å². The Bertz CT molecular complexity index is 1490. The first-order valence-corrected chi connectivity index (χ1v) is 19.5. The van der Waals surface area contributed by atoms with E-state index in [2.05, 4.69) is 36.6 Å². The number of aliphatic imine (C=N–C) groups is 2. The molecule has 0 spiro atoms. The van der Waals surface area contributed by atoms with Gasteiger partial charge in [-0.2, -0.15) is 11.8 Å². The van der Waals surface area contributed by atoms with Gasteiger partial charge in [-0.05, 0) is 63.4 Å². The van der Waals surface area contributed by atoms with Crippen molar-refractivity contribution in [3.8, 4) is 0 Å². The van der Waals surface area contributed by atoms with E-state index in [-0.39, 0.29) is 62.9 Å². The predicted molar refractivity (Wildman–Crippen MR) is 212 cm³/mol. The molecule has 0 fully saturated rings. The van der Waals surface area contributed by atoms with Crippen molar-refractivity contribution in [1.82, 2.24) is 26.6 Å². The van der Waals surface area contributed by atoms with Crippen LogP contribution in [-0.4, -0.2) is 137 Å². The molecule has 0 rings (SSSR count). The summed E-state index contributed by atoms with van der Waals surface area (Å²) in [6, 6.07) is -8.35. The Morgan fingerprint density at radius 3 is 1.28 bits per heavy atom. The lowest BCUT2D eigenvalue weighted by Gasteiger charge is -2.27. The second-order valence-electron chi connectivity index (χ2n) is 12.9. The molecule has 328 valence electrons. The molecule has 0 heterocycles. The van der Waals surface area contributed by atoms with Gasteiger partial charge in [-0.3, -0.25) is 53.1 Å². The molecule has 6 atom stereocenters. The third-order valence-corrected chi connectivity index (χ3v) is 8.67. The number of hydrogen-bond donors (Lipinski definition) is 14. The van der Waals surface area contributed by atoms with Gasteiger partial charge >= 0.3 is 11.9 Å². The van der Waals surface area contributed by atoms with E-state index in [4.69, 9.17) is 45.2 Å². The minimum absolute atomic E-state index is 0.0370. The highest BCUT2D eigenvalue weighted by Gasteiger charge is 2.33. The number of hydrogen-bond acceptors (Lipinski definition) is 13. The van der Waals surface area contributed by atoms with Gasteiger partial charge in [0.2, 0.25) is 41.4 Å². The van der Waals surface area contributed by atoms with E-state index in [0.29, 0.717) is 6.42 Å². The van der Waals surface area contributed by atoms with Gasteiger partial charge in [-0.1, -0.05) is 0 Å². The van der Waals surface area contributed by atoms with Gasteiger partial charge in [-0.15, -0.1) is 0 Å². The Morgan fingerprint density at radius 1 is 0.517 bits per heavy atom. The Kier molecular flexibility index (Phi) is 25.6. The van der Waals surface area contributed by atoms with Gasteiger partial charge in [0.1, 0.15) is 30.2 Å². The zero-order valence-corrected chi connectivity index (χ0v) is 33.1. The molecular formula is C32H58N14O11S. The zero-order valence-electron chi connectivity index (χ0n) is 32.3.